The number of aryl methyl sites for hydroxylation is 1. The first-order valence-electron chi connectivity index (χ1n) is 6.23. The van der Waals surface area contributed by atoms with Crippen LogP contribution in [0.15, 0.2) is 18.2 Å². The van der Waals surface area contributed by atoms with Crippen molar-refractivity contribution in [1.29, 1.82) is 0 Å². The van der Waals surface area contributed by atoms with Gasteiger partial charge >= 0.3 is 0 Å². The van der Waals surface area contributed by atoms with Crippen LogP contribution in [-0.2, 0) is 0 Å². The molecule has 0 bridgehead atoms. The molecule has 1 fully saturated rings. The smallest absolute Gasteiger partial charge is 0.255 e. The lowest BCUT2D eigenvalue weighted by molar-refractivity contribution is 0.0946. The molecule has 2 atom stereocenters. The van der Waals surface area contributed by atoms with Gasteiger partial charge in [-0.1, -0.05) is 25.5 Å². The summed E-state index contributed by atoms with van der Waals surface area (Å²) in [6.45, 7) is 3.95. The third-order valence-electron chi connectivity index (χ3n) is 3.38. The zero-order valence-corrected chi connectivity index (χ0v) is 10.4. The molecule has 2 N–H and O–H groups in total. The fourth-order valence-corrected chi connectivity index (χ4v) is 2.20. The van der Waals surface area contributed by atoms with Gasteiger partial charge in [-0.15, -0.1) is 0 Å². The van der Waals surface area contributed by atoms with Crippen LogP contribution < -0.4 is 5.32 Å². The van der Waals surface area contributed by atoms with Crippen molar-refractivity contribution in [3.8, 4) is 5.75 Å². The van der Waals surface area contributed by atoms with E-state index in [0.29, 0.717) is 17.5 Å². The maximum absolute atomic E-state index is 11.9. The highest BCUT2D eigenvalue weighted by Crippen LogP contribution is 2.35. The molecule has 17 heavy (non-hydrogen) atoms. The van der Waals surface area contributed by atoms with E-state index in [9.17, 15) is 9.90 Å². The summed E-state index contributed by atoms with van der Waals surface area (Å²) >= 11 is 0. The number of carbonyl (C=O) groups is 1. The largest absolute Gasteiger partial charge is 0.507 e. The zero-order valence-electron chi connectivity index (χ0n) is 10.4. The Kier molecular flexibility index (Phi) is 3.36. The second-order valence-corrected chi connectivity index (χ2v) is 4.84. The summed E-state index contributed by atoms with van der Waals surface area (Å²) in [6.07, 6.45) is 3.41. The summed E-state index contributed by atoms with van der Waals surface area (Å²) in [4.78, 5) is 11.9. The number of amides is 1. The molecule has 1 aliphatic rings. The quantitative estimate of drug-likeness (QED) is 0.839. The molecule has 0 radical (unpaired) electrons. The first-order valence-corrected chi connectivity index (χ1v) is 6.23. The summed E-state index contributed by atoms with van der Waals surface area (Å²) in [5.74, 6) is 0.573. The van der Waals surface area contributed by atoms with Crippen molar-refractivity contribution in [3.05, 3.63) is 29.3 Å². The fraction of sp³-hybridized carbons (Fsp3) is 0.500. The van der Waals surface area contributed by atoms with Gasteiger partial charge < -0.3 is 10.4 Å². The van der Waals surface area contributed by atoms with Gasteiger partial charge in [0.2, 0.25) is 0 Å². The van der Waals surface area contributed by atoms with E-state index in [0.717, 1.165) is 18.4 Å². The molecule has 2 unspecified atom stereocenters. The average Bonchev–Trinajstić information content (AvgIpc) is 3.01. The van der Waals surface area contributed by atoms with Crippen LogP contribution in [0, 0.1) is 12.8 Å². The second kappa shape index (κ2) is 4.78. The van der Waals surface area contributed by atoms with E-state index in [1.165, 1.54) is 6.42 Å². The summed E-state index contributed by atoms with van der Waals surface area (Å²) < 4.78 is 0. The van der Waals surface area contributed by atoms with Gasteiger partial charge in [0.1, 0.15) is 5.75 Å². The van der Waals surface area contributed by atoms with Crippen molar-refractivity contribution in [2.24, 2.45) is 5.92 Å². The Labute approximate surface area is 102 Å². The van der Waals surface area contributed by atoms with Gasteiger partial charge in [-0.25, -0.2) is 0 Å². The van der Waals surface area contributed by atoms with Crippen molar-refractivity contribution in [1.82, 2.24) is 5.32 Å². The molecule has 1 amide bonds. The monoisotopic (exact) mass is 233 g/mol. The Morgan fingerprint density at radius 3 is 3.00 bits per heavy atom. The van der Waals surface area contributed by atoms with Crippen molar-refractivity contribution in [2.75, 3.05) is 0 Å². The zero-order chi connectivity index (χ0) is 12.4. The maximum Gasteiger partial charge on any atom is 0.255 e. The van der Waals surface area contributed by atoms with Gasteiger partial charge in [-0.05, 0) is 37.3 Å². The van der Waals surface area contributed by atoms with Crippen LogP contribution in [0.3, 0.4) is 0 Å². The first kappa shape index (κ1) is 12.0. The number of phenols is 1. The highest BCUT2D eigenvalue weighted by atomic mass is 16.3. The number of rotatable bonds is 4. The molecule has 1 aliphatic carbocycles. The summed E-state index contributed by atoms with van der Waals surface area (Å²) in [5.41, 5.74) is 1.12. The molecule has 0 aromatic heterocycles. The lowest BCUT2D eigenvalue weighted by atomic mass is 10.1. The van der Waals surface area contributed by atoms with Crippen molar-refractivity contribution in [3.63, 3.8) is 0 Å². The van der Waals surface area contributed by atoms with Crippen LogP contribution in [0.4, 0.5) is 0 Å². The Hall–Kier alpha value is -1.51. The topological polar surface area (TPSA) is 49.3 Å². The molecule has 0 heterocycles. The van der Waals surface area contributed by atoms with Crippen LogP contribution >= 0.6 is 0 Å². The van der Waals surface area contributed by atoms with Crippen molar-refractivity contribution < 1.29 is 9.90 Å². The van der Waals surface area contributed by atoms with E-state index in [1.807, 2.05) is 0 Å². The maximum atomic E-state index is 11.9. The van der Waals surface area contributed by atoms with Gasteiger partial charge in [-0.2, -0.15) is 0 Å². The minimum atomic E-state index is -0.158. The number of phenolic OH excluding ortho intramolecular Hbond substituents is 1. The number of hydrogen-bond donors (Lipinski definition) is 2. The van der Waals surface area contributed by atoms with Crippen molar-refractivity contribution >= 4 is 5.91 Å². The van der Waals surface area contributed by atoms with Crippen LogP contribution in [0.25, 0.3) is 0 Å². The molecule has 2 rings (SSSR count). The van der Waals surface area contributed by atoms with E-state index >= 15 is 0 Å². The summed E-state index contributed by atoms with van der Waals surface area (Å²) in [7, 11) is 0. The summed E-state index contributed by atoms with van der Waals surface area (Å²) in [6, 6.07) is 5.56. The SMILES string of the molecule is CCCC1CC1NC(=O)c1cccc(C)c1O. The highest BCUT2D eigenvalue weighted by molar-refractivity contribution is 5.97. The first-order chi connectivity index (χ1) is 8.13. The van der Waals surface area contributed by atoms with E-state index < -0.39 is 0 Å². The number of benzene rings is 1. The molecule has 1 saturated carbocycles. The van der Waals surface area contributed by atoms with Gasteiger partial charge in [-0.3, -0.25) is 4.79 Å². The lowest BCUT2D eigenvalue weighted by Gasteiger charge is -2.08. The number of aromatic hydroxyl groups is 1. The Balaban J connectivity index is 1.99. The number of nitrogens with one attached hydrogen (secondary N) is 1. The predicted molar refractivity (Wildman–Crippen MR) is 67.1 cm³/mol. The molecule has 0 aliphatic heterocycles. The van der Waals surface area contributed by atoms with Crippen LogP contribution in [0.1, 0.15) is 42.1 Å². The van der Waals surface area contributed by atoms with Gasteiger partial charge in [0.05, 0.1) is 5.56 Å². The third-order valence-corrected chi connectivity index (χ3v) is 3.38. The number of hydrogen-bond acceptors (Lipinski definition) is 2. The minimum absolute atomic E-state index is 0.0951. The molecule has 0 spiro atoms. The standard InChI is InChI=1S/C14H19NO2/c1-3-5-10-8-12(10)15-14(17)11-7-4-6-9(2)13(11)16/h4,6-7,10,12,16H,3,5,8H2,1-2H3,(H,15,17). The molecular weight excluding hydrogens is 214 g/mol. The lowest BCUT2D eigenvalue weighted by Crippen LogP contribution is -2.27. The molecule has 92 valence electrons. The van der Waals surface area contributed by atoms with Crippen LogP contribution in [-0.4, -0.2) is 17.1 Å². The molecule has 1 aromatic carbocycles. The molecule has 3 nitrogen and oxygen atoms in total. The van der Waals surface area contributed by atoms with E-state index in [2.05, 4.69) is 12.2 Å². The highest BCUT2D eigenvalue weighted by Gasteiger charge is 2.37. The van der Waals surface area contributed by atoms with Gasteiger partial charge in [0.15, 0.2) is 0 Å². The van der Waals surface area contributed by atoms with Gasteiger partial charge in [0, 0.05) is 6.04 Å². The van der Waals surface area contributed by atoms with Gasteiger partial charge in [0.25, 0.3) is 5.91 Å². The van der Waals surface area contributed by atoms with Crippen molar-refractivity contribution in [2.45, 2.75) is 39.2 Å². The number of para-hydroxylation sites is 1. The Bertz CT molecular complexity index is 428. The van der Waals surface area contributed by atoms with Crippen LogP contribution in [0.5, 0.6) is 5.75 Å². The number of carbonyl (C=O) groups excluding carboxylic acids is 1. The summed E-state index contributed by atoms with van der Waals surface area (Å²) in [5, 5.41) is 12.8. The Morgan fingerprint density at radius 2 is 2.29 bits per heavy atom. The minimum Gasteiger partial charge on any atom is -0.507 e. The normalized spacial score (nSPS) is 22.2. The predicted octanol–water partition coefficient (Wildman–Crippen LogP) is 2.62. The molecule has 3 heteroatoms. The van der Waals surface area contributed by atoms with E-state index in [4.69, 9.17) is 0 Å². The fourth-order valence-electron chi connectivity index (χ4n) is 2.20. The van der Waals surface area contributed by atoms with E-state index in [-0.39, 0.29) is 11.7 Å². The van der Waals surface area contributed by atoms with Crippen LogP contribution in [0.2, 0.25) is 0 Å². The Morgan fingerprint density at radius 1 is 1.53 bits per heavy atom. The second-order valence-electron chi connectivity index (χ2n) is 4.84. The average molecular weight is 233 g/mol. The molecule has 1 aromatic rings. The molecular formula is C14H19NO2. The molecule has 0 saturated heterocycles. The van der Waals surface area contributed by atoms with E-state index in [1.54, 1.807) is 25.1 Å². The third kappa shape index (κ3) is 2.60.